The number of benzene rings is 1. The number of rotatable bonds is 6. The van der Waals surface area contributed by atoms with Gasteiger partial charge >= 0.3 is 0 Å². The third kappa shape index (κ3) is 3.65. The number of para-hydroxylation sites is 1. The Balaban J connectivity index is 1.64. The lowest BCUT2D eigenvalue weighted by Crippen LogP contribution is -2.26. The first-order valence-corrected chi connectivity index (χ1v) is 11.6. The van der Waals surface area contributed by atoms with Gasteiger partial charge in [-0.2, -0.15) is 0 Å². The number of thioether (sulfide) groups is 1. The van der Waals surface area contributed by atoms with Gasteiger partial charge in [-0.3, -0.25) is 9.20 Å². The average molecular weight is 425 g/mol. The zero-order chi connectivity index (χ0) is 20.5. The first-order chi connectivity index (χ1) is 14.0. The first kappa shape index (κ1) is 19.9. The number of thiophene rings is 1. The Labute approximate surface area is 178 Å². The number of hydrogen-bond acceptors (Lipinski definition) is 5. The first-order valence-electron chi connectivity index (χ1n) is 9.81. The molecule has 0 saturated heterocycles. The molecule has 150 valence electrons. The van der Waals surface area contributed by atoms with E-state index < -0.39 is 0 Å². The van der Waals surface area contributed by atoms with E-state index in [9.17, 15) is 4.79 Å². The highest BCUT2D eigenvalue weighted by Crippen LogP contribution is 2.34. The molecule has 29 heavy (non-hydrogen) atoms. The smallest absolute Gasteiger partial charge is 0.237 e. The summed E-state index contributed by atoms with van der Waals surface area (Å²) in [6, 6.07) is 10.4. The number of nitrogens with one attached hydrogen (secondary N) is 1. The topological polar surface area (TPSA) is 59.3 Å². The van der Waals surface area contributed by atoms with Gasteiger partial charge in [0.15, 0.2) is 0 Å². The minimum absolute atomic E-state index is 0.00962. The Morgan fingerprint density at radius 2 is 2.03 bits per heavy atom. The molecule has 0 aliphatic heterocycles. The summed E-state index contributed by atoms with van der Waals surface area (Å²) in [5, 5.41) is 14.6. The van der Waals surface area contributed by atoms with Crippen LogP contribution < -0.4 is 5.32 Å². The molecule has 4 aromatic rings. The van der Waals surface area contributed by atoms with Crippen molar-refractivity contribution >= 4 is 50.4 Å². The predicted molar refractivity (Wildman–Crippen MR) is 122 cm³/mol. The molecule has 0 aliphatic carbocycles. The fourth-order valence-electron chi connectivity index (χ4n) is 3.59. The molecule has 3 heterocycles. The zero-order valence-electron chi connectivity index (χ0n) is 17.0. The highest BCUT2D eigenvalue weighted by molar-refractivity contribution is 8.00. The molecule has 0 aliphatic rings. The zero-order valence-corrected chi connectivity index (χ0v) is 18.7. The van der Waals surface area contributed by atoms with Crippen LogP contribution in [-0.4, -0.2) is 25.8 Å². The summed E-state index contributed by atoms with van der Waals surface area (Å²) in [6.45, 7) is 8.13. The summed E-state index contributed by atoms with van der Waals surface area (Å²) in [4.78, 5) is 13.1. The number of hydrogen-bond donors (Lipinski definition) is 1. The molecule has 1 atom stereocenters. The van der Waals surface area contributed by atoms with Crippen molar-refractivity contribution < 1.29 is 4.79 Å². The van der Waals surface area contributed by atoms with Crippen LogP contribution in [0, 0.1) is 13.8 Å². The highest BCUT2D eigenvalue weighted by atomic mass is 32.2. The number of fused-ring (bicyclic) bond motifs is 3. The summed E-state index contributed by atoms with van der Waals surface area (Å²) in [5.74, 6) is 0.859. The molecule has 1 aromatic carbocycles. The molecule has 3 aromatic heterocycles. The quantitative estimate of drug-likeness (QED) is 0.407. The van der Waals surface area contributed by atoms with E-state index in [0.717, 1.165) is 45.1 Å². The molecule has 1 amide bonds. The van der Waals surface area contributed by atoms with E-state index >= 15 is 0 Å². The van der Waals surface area contributed by atoms with Crippen molar-refractivity contribution in [3.8, 4) is 0 Å². The Morgan fingerprint density at radius 1 is 1.21 bits per heavy atom. The number of amides is 1. The van der Waals surface area contributed by atoms with E-state index in [1.165, 1.54) is 16.5 Å². The normalized spacial score (nSPS) is 12.6. The van der Waals surface area contributed by atoms with Gasteiger partial charge < -0.3 is 5.32 Å². The Kier molecular flexibility index (Phi) is 5.61. The second-order valence-corrected chi connectivity index (χ2v) is 9.19. The number of nitrogens with zero attached hydrogens (tertiary/aromatic N) is 3. The van der Waals surface area contributed by atoms with Crippen LogP contribution in [0.25, 0.3) is 15.7 Å². The maximum Gasteiger partial charge on any atom is 0.237 e. The molecule has 5 nitrogen and oxygen atoms in total. The van der Waals surface area contributed by atoms with Gasteiger partial charge in [0, 0.05) is 5.69 Å². The highest BCUT2D eigenvalue weighted by Gasteiger charge is 2.23. The van der Waals surface area contributed by atoms with Gasteiger partial charge in [0.1, 0.15) is 10.9 Å². The molecule has 1 N–H and O–H groups in total. The van der Waals surface area contributed by atoms with E-state index in [1.54, 1.807) is 11.3 Å². The third-order valence-electron chi connectivity index (χ3n) is 5.16. The van der Waals surface area contributed by atoms with Crippen molar-refractivity contribution in [3.63, 3.8) is 0 Å². The molecule has 0 bridgehead atoms. The maximum atomic E-state index is 13.1. The number of carbonyl (C=O) groups excluding carboxylic acids is 1. The van der Waals surface area contributed by atoms with Crippen LogP contribution >= 0.6 is 23.1 Å². The molecular formula is C22H24N4OS2. The molecule has 4 rings (SSSR count). The Hall–Kier alpha value is -2.38. The van der Waals surface area contributed by atoms with Crippen molar-refractivity contribution in [2.24, 2.45) is 0 Å². The fraction of sp³-hybridized carbons (Fsp3) is 0.318. The van der Waals surface area contributed by atoms with Crippen LogP contribution in [0.4, 0.5) is 5.69 Å². The molecular weight excluding hydrogens is 400 g/mol. The molecule has 0 radical (unpaired) electrons. The second-order valence-electron chi connectivity index (χ2n) is 7.05. The summed E-state index contributed by atoms with van der Waals surface area (Å²) in [6.07, 6.45) is 1.59. The minimum atomic E-state index is -0.243. The van der Waals surface area contributed by atoms with Crippen LogP contribution in [0.3, 0.4) is 0 Å². The van der Waals surface area contributed by atoms with Crippen LogP contribution in [0.1, 0.15) is 37.2 Å². The summed E-state index contributed by atoms with van der Waals surface area (Å²) in [5.41, 5.74) is 5.33. The van der Waals surface area contributed by atoms with Crippen molar-refractivity contribution in [2.75, 3.05) is 5.32 Å². The van der Waals surface area contributed by atoms with E-state index in [-0.39, 0.29) is 11.2 Å². The largest absolute Gasteiger partial charge is 0.325 e. The molecule has 0 spiro atoms. The summed E-state index contributed by atoms with van der Waals surface area (Å²) in [7, 11) is 0. The molecule has 0 saturated carbocycles. The second kappa shape index (κ2) is 8.16. The average Bonchev–Trinajstić information content (AvgIpc) is 3.30. The van der Waals surface area contributed by atoms with E-state index in [0.29, 0.717) is 6.42 Å². The number of anilines is 1. The summed E-state index contributed by atoms with van der Waals surface area (Å²) >= 11 is 3.19. The van der Waals surface area contributed by atoms with Gasteiger partial charge in [-0.1, -0.05) is 43.8 Å². The predicted octanol–water partition coefficient (Wildman–Crippen LogP) is 5.63. The SMILES string of the molecule is CCc1cccc(C)c1NC(=O)[C@@H](CC)Sc1nnc(C)n2c1cc1sccc12. The van der Waals surface area contributed by atoms with Crippen LogP contribution in [0.2, 0.25) is 0 Å². The van der Waals surface area contributed by atoms with Gasteiger partial charge in [0.25, 0.3) is 0 Å². The van der Waals surface area contributed by atoms with Crippen molar-refractivity contribution in [2.45, 2.75) is 50.8 Å². The Bertz CT molecular complexity index is 1190. The third-order valence-corrected chi connectivity index (χ3v) is 7.36. The van der Waals surface area contributed by atoms with E-state index in [4.69, 9.17) is 0 Å². The fourth-order valence-corrected chi connectivity index (χ4v) is 5.36. The molecule has 7 heteroatoms. The molecule has 0 fully saturated rings. The van der Waals surface area contributed by atoms with Crippen LogP contribution in [-0.2, 0) is 11.2 Å². The lowest BCUT2D eigenvalue weighted by Gasteiger charge is -2.18. The van der Waals surface area contributed by atoms with Crippen molar-refractivity contribution in [3.05, 3.63) is 52.7 Å². The van der Waals surface area contributed by atoms with Gasteiger partial charge in [0.2, 0.25) is 5.91 Å². The Morgan fingerprint density at radius 3 is 2.79 bits per heavy atom. The monoisotopic (exact) mass is 424 g/mol. The van der Waals surface area contributed by atoms with Gasteiger partial charge in [-0.15, -0.1) is 21.5 Å². The van der Waals surface area contributed by atoms with Crippen LogP contribution in [0.15, 0.2) is 40.7 Å². The van der Waals surface area contributed by atoms with Crippen molar-refractivity contribution in [1.82, 2.24) is 14.6 Å². The van der Waals surface area contributed by atoms with Gasteiger partial charge in [-0.05, 0) is 55.3 Å². The standard InChI is InChI=1S/C22H24N4OS2/c1-5-15-9-7-8-13(3)20(15)23-21(27)18(6-2)29-22-17-12-19-16(10-11-28-19)26(17)14(4)24-25-22/h7-12,18H,5-6H2,1-4H3,(H,23,27)/t18-/m1/s1. The van der Waals surface area contributed by atoms with E-state index in [1.807, 2.05) is 32.9 Å². The maximum absolute atomic E-state index is 13.1. The minimum Gasteiger partial charge on any atom is -0.325 e. The lowest BCUT2D eigenvalue weighted by molar-refractivity contribution is -0.115. The van der Waals surface area contributed by atoms with Crippen molar-refractivity contribution in [1.29, 1.82) is 0 Å². The lowest BCUT2D eigenvalue weighted by atomic mass is 10.1. The number of aromatic nitrogens is 3. The van der Waals surface area contributed by atoms with Gasteiger partial charge in [0.05, 0.1) is 21.0 Å². The van der Waals surface area contributed by atoms with E-state index in [2.05, 4.69) is 50.4 Å². The van der Waals surface area contributed by atoms with Crippen LogP contribution in [0.5, 0.6) is 0 Å². The summed E-state index contributed by atoms with van der Waals surface area (Å²) < 4.78 is 3.33. The number of aryl methyl sites for hydroxylation is 3. The molecule has 0 unspecified atom stereocenters. The van der Waals surface area contributed by atoms with Gasteiger partial charge in [-0.25, -0.2) is 0 Å². The number of carbonyl (C=O) groups is 1.